The molecule has 6 heteroatoms. The maximum Gasteiger partial charge on any atom is 0.243 e. The van der Waals surface area contributed by atoms with Crippen LogP contribution >= 0.6 is 11.6 Å². The molecule has 1 saturated carbocycles. The SMILES string of the molecule is Cc1cc(F)ccc1S(=O)(=O)N(CCCl)C1CCCCC1. The fourth-order valence-electron chi connectivity index (χ4n) is 2.98. The molecule has 0 saturated heterocycles. The quantitative estimate of drug-likeness (QED) is 0.770. The molecule has 1 fully saturated rings. The van der Waals surface area contributed by atoms with Crippen LogP contribution in [-0.2, 0) is 10.0 Å². The number of rotatable bonds is 5. The van der Waals surface area contributed by atoms with Gasteiger partial charge in [-0.2, -0.15) is 4.31 Å². The first kappa shape index (κ1) is 16.7. The third-order valence-corrected chi connectivity index (χ3v) is 6.29. The maximum atomic E-state index is 13.2. The Labute approximate surface area is 131 Å². The number of benzene rings is 1. The molecule has 0 aromatic heterocycles. The molecule has 0 amide bonds. The lowest BCUT2D eigenvalue weighted by Crippen LogP contribution is -2.42. The molecule has 0 aliphatic heterocycles. The van der Waals surface area contributed by atoms with E-state index in [-0.39, 0.29) is 16.8 Å². The lowest BCUT2D eigenvalue weighted by atomic mass is 9.95. The van der Waals surface area contributed by atoms with Gasteiger partial charge in [0.05, 0.1) is 4.90 Å². The number of aryl methyl sites for hydroxylation is 1. The van der Waals surface area contributed by atoms with Gasteiger partial charge in [0, 0.05) is 18.5 Å². The molecule has 2 rings (SSSR count). The van der Waals surface area contributed by atoms with Crippen molar-refractivity contribution in [2.75, 3.05) is 12.4 Å². The van der Waals surface area contributed by atoms with Gasteiger partial charge in [-0.05, 0) is 43.5 Å². The fourth-order valence-corrected chi connectivity index (χ4v) is 5.16. The third-order valence-electron chi connectivity index (χ3n) is 4.01. The Morgan fingerprint density at radius 2 is 1.95 bits per heavy atom. The molecule has 0 bridgehead atoms. The topological polar surface area (TPSA) is 37.4 Å². The highest BCUT2D eigenvalue weighted by atomic mass is 35.5. The van der Waals surface area contributed by atoms with Crippen LogP contribution in [0.25, 0.3) is 0 Å². The van der Waals surface area contributed by atoms with Crippen molar-refractivity contribution in [1.82, 2.24) is 4.31 Å². The van der Waals surface area contributed by atoms with Crippen LogP contribution in [0.5, 0.6) is 0 Å². The molecular weight excluding hydrogens is 313 g/mol. The molecule has 21 heavy (non-hydrogen) atoms. The summed E-state index contributed by atoms with van der Waals surface area (Å²) in [5.74, 6) is -0.163. The standard InChI is InChI=1S/C15H21ClFNO2S/c1-12-11-13(17)7-8-15(12)21(19,20)18(10-9-16)14-5-3-2-4-6-14/h7-8,11,14H,2-6,9-10H2,1H3. The molecule has 1 aromatic carbocycles. The molecule has 0 unspecified atom stereocenters. The van der Waals surface area contributed by atoms with Crippen LogP contribution in [0.1, 0.15) is 37.7 Å². The number of hydrogen-bond acceptors (Lipinski definition) is 2. The number of alkyl halides is 1. The van der Waals surface area contributed by atoms with E-state index in [4.69, 9.17) is 11.6 Å². The van der Waals surface area contributed by atoms with E-state index < -0.39 is 15.8 Å². The van der Waals surface area contributed by atoms with Crippen molar-refractivity contribution in [3.05, 3.63) is 29.6 Å². The van der Waals surface area contributed by atoms with Gasteiger partial charge >= 0.3 is 0 Å². The van der Waals surface area contributed by atoms with Crippen molar-refractivity contribution in [3.63, 3.8) is 0 Å². The first-order chi connectivity index (χ1) is 9.96. The first-order valence-electron chi connectivity index (χ1n) is 7.31. The Balaban J connectivity index is 2.36. The lowest BCUT2D eigenvalue weighted by Gasteiger charge is -2.33. The van der Waals surface area contributed by atoms with E-state index in [2.05, 4.69) is 0 Å². The van der Waals surface area contributed by atoms with Crippen LogP contribution in [0.4, 0.5) is 4.39 Å². The van der Waals surface area contributed by atoms with Gasteiger partial charge in [0.1, 0.15) is 5.82 Å². The van der Waals surface area contributed by atoms with Crippen molar-refractivity contribution in [1.29, 1.82) is 0 Å². The molecule has 0 N–H and O–H groups in total. The second-order valence-electron chi connectivity index (χ2n) is 5.51. The summed E-state index contributed by atoms with van der Waals surface area (Å²) < 4.78 is 40.5. The van der Waals surface area contributed by atoms with Gasteiger partial charge in [-0.25, -0.2) is 12.8 Å². The van der Waals surface area contributed by atoms with Crippen LogP contribution in [-0.4, -0.2) is 31.2 Å². The number of halogens is 2. The fraction of sp³-hybridized carbons (Fsp3) is 0.600. The third kappa shape index (κ3) is 3.76. The monoisotopic (exact) mass is 333 g/mol. The van der Waals surface area contributed by atoms with Crippen molar-refractivity contribution in [3.8, 4) is 0 Å². The number of nitrogens with zero attached hydrogens (tertiary/aromatic N) is 1. The Morgan fingerprint density at radius 1 is 1.29 bits per heavy atom. The highest BCUT2D eigenvalue weighted by Crippen LogP contribution is 2.29. The Hall–Kier alpha value is -0.650. The van der Waals surface area contributed by atoms with E-state index in [0.29, 0.717) is 12.1 Å². The Kier molecular flexibility index (Phi) is 5.63. The van der Waals surface area contributed by atoms with Crippen LogP contribution in [0, 0.1) is 12.7 Å². The Bertz CT molecular complexity index is 585. The van der Waals surface area contributed by atoms with Gasteiger partial charge in [-0.1, -0.05) is 19.3 Å². The molecule has 1 aliphatic rings. The normalized spacial score (nSPS) is 17.3. The first-order valence-corrected chi connectivity index (χ1v) is 9.28. The van der Waals surface area contributed by atoms with Gasteiger partial charge in [-0.15, -0.1) is 11.6 Å². The minimum Gasteiger partial charge on any atom is -0.207 e. The van der Waals surface area contributed by atoms with E-state index in [1.807, 2.05) is 0 Å². The number of sulfonamides is 1. The van der Waals surface area contributed by atoms with Crippen LogP contribution < -0.4 is 0 Å². The average Bonchev–Trinajstić information content (AvgIpc) is 2.45. The van der Waals surface area contributed by atoms with E-state index in [0.717, 1.165) is 32.1 Å². The van der Waals surface area contributed by atoms with E-state index in [1.165, 1.54) is 22.5 Å². The molecule has 1 aromatic rings. The zero-order valence-electron chi connectivity index (χ0n) is 12.2. The van der Waals surface area contributed by atoms with E-state index >= 15 is 0 Å². The smallest absolute Gasteiger partial charge is 0.207 e. The molecule has 3 nitrogen and oxygen atoms in total. The molecule has 1 aliphatic carbocycles. The average molecular weight is 334 g/mol. The zero-order chi connectivity index (χ0) is 15.5. The summed E-state index contributed by atoms with van der Waals surface area (Å²) in [6.45, 7) is 1.92. The maximum absolute atomic E-state index is 13.2. The minimum absolute atomic E-state index is 0.00644. The van der Waals surface area contributed by atoms with Crippen molar-refractivity contribution in [2.45, 2.75) is 50.0 Å². The molecule has 0 heterocycles. The van der Waals surface area contributed by atoms with Gasteiger partial charge in [0.25, 0.3) is 0 Å². The van der Waals surface area contributed by atoms with Crippen molar-refractivity contribution >= 4 is 21.6 Å². The predicted molar refractivity (Wildman–Crippen MR) is 82.6 cm³/mol. The van der Waals surface area contributed by atoms with E-state index in [9.17, 15) is 12.8 Å². The van der Waals surface area contributed by atoms with Crippen molar-refractivity contribution in [2.24, 2.45) is 0 Å². The molecule has 0 spiro atoms. The Morgan fingerprint density at radius 3 is 2.52 bits per heavy atom. The van der Waals surface area contributed by atoms with Crippen LogP contribution in [0.15, 0.2) is 23.1 Å². The van der Waals surface area contributed by atoms with Gasteiger partial charge in [0.15, 0.2) is 0 Å². The van der Waals surface area contributed by atoms with Gasteiger partial charge < -0.3 is 0 Å². The summed E-state index contributed by atoms with van der Waals surface area (Å²) in [5, 5.41) is 0. The zero-order valence-corrected chi connectivity index (χ0v) is 13.8. The number of hydrogen-bond donors (Lipinski definition) is 0. The largest absolute Gasteiger partial charge is 0.243 e. The lowest BCUT2D eigenvalue weighted by molar-refractivity contribution is 0.262. The molecular formula is C15H21ClFNO2S. The van der Waals surface area contributed by atoms with Crippen molar-refractivity contribution < 1.29 is 12.8 Å². The van der Waals surface area contributed by atoms with Crippen LogP contribution in [0.2, 0.25) is 0 Å². The molecule has 0 radical (unpaired) electrons. The van der Waals surface area contributed by atoms with E-state index in [1.54, 1.807) is 6.92 Å². The highest BCUT2D eigenvalue weighted by Gasteiger charge is 2.32. The highest BCUT2D eigenvalue weighted by molar-refractivity contribution is 7.89. The molecule has 118 valence electrons. The van der Waals surface area contributed by atoms with Gasteiger partial charge in [0.2, 0.25) is 10.0 Å². The second kappa shape index (κ2) is 7.07. The summed E-state index contributed by atoms with van der Waals surface area (Å²) in [6, 6.07) is 3.81. The summed E-state index contributed by atoms with van der Waals surface area (Å²) in [6.07, 6.45) is 4.98. The molecule has 0 atom stereocenters. The predicted octanol–water partition coefficient (Wildman–Crippen LogP) is 3.70. The van der Waals surface area contributed by atoms with Gasteiger partial charge in [-0.3, -0.25) is 0 Å². The van der Waals surface area contributed by atoms with Crippen LogP contribution in [0.3, 0.4) is 0 Å². The summed E-state index contributed by atoms with van der Waals surface area (Å²) in [7, 11) is -3.63. The summed E-state index contributed by atoms with van der Waals surface area (Å²) in [5.41, 5.74) is 0.436. The summed E-state index contributed by atoms with van der Waals surface area (Å²) in [4.78, 5) is 0.180. The minimum atomic E-state index is -3.63. The summed E-state index contributed by atoms with van der Waals surface area (Å²) >= 11 is 5.81. The second-order valence-corrected chi connectivity index (χ2v) is 7.74.